The van der Waals surface area contributed by atoms with E-state index in [2.05, 4.69) is 11.4 Å². The van der Waals surface area contributed by atoms with Gasteiger partial charge in [0.05, 0.1) is 6.04 Å². The molecule has 1 heterocycles. The zero-order valence-electron chi connectivity index (χ0n) is 15.0. The number of nitrogens with one attached hydrogen (secondary N) is 1. The van der Waals surface area contributed by atoms with Crippen molar-refractivity contribution in [3.05, 3.63) is 53.3 Å². The first kappa shape index (κ1) is 17.3. The number of amides is 1. The predicted octanol–water partition coefficient (Wildman–Crippen LogP) is 2.23. The van der Waals surface area contributed by atoms with Crippen LogP contribution in [0.1, 0.15) is 46.9 Å². The fraction of sp³-hybridized carbons (Fsp3) is 0.421. The molecule has 1 amide bonds. The number of hydrogen-bond acceptors (Lipinski definition) is 3. The lowest BCUT2D eigenvalue weighted by molar-refractivity contribution is 0.0955. The van der Waals surface area contributed by atoms with Crippen molar-refractivity contribution in [2.24, 2.45) is 7.05 Å². The van der Waals surface area contributed by atoms with Crippen LogP contribution in [0.2, 0.25) is 0 Å². The molecule has 0 spiro atoms. The molecule has 1 saturated carbocycles. The van der Waals surface area contributed by atoms with Crippen LogP contribution >= 0.6 is 0 Å². The van der Waals surface area contributed by atoms with E-state index in [-0.39, 0.29) is 22.9 Å². The average molecular weight is 373 g/mol. The number of benzene rings is 1. The average Bonchev–Trinajstić information content (AvgIpc) is 3.24. The normalized spacial score (nSPS) is 19.6. The van der Waals surface area contributed by atoms with Crippen molar-refractivity contribution in [3.63, 3.8) is 0 Å². The van der Waals surface area contributed by atoms with E-state index >= 15 is 0 Å². The molecule has 1 N–H and O–H groups in total. The van der Waals surface area contributed by atoms with E-state index in [0.717, 1.165) is 31.2 Å². The third kappa shape index (κ3) is 2.75. The van der Waals surface area contributed by atoms with Gasteiger partial charge in [0.25, 0.3) is 5.91 Å². The van der Waals surface area contributed by atoms with Gasteiger partial charge in [0.15, 0.2) is 0 Å². The van der Waals surface area contributed by atoms with E-state index in [4.69, 9.17) is 0 Å². The predicted molar refractivity (Wildman–Crippen MR) is 98.4 cm³/mol. The van der Waals surface area contributed by atoms with Crippen molar-refractivity contribution in [3.8, 4) is 0 Å². The third-order valence-electron chi connectivity index (χ3n) is 5.33. The van der Waals surface area contributed by atoms with E-state index in [1.807, 2.05) is 18.2 Å². The van der Waals surface area contributed by atoms with E-state index < -0.39 is 10.0 Å². The van der Waals surface area contributed by atoms with Crippen LogP contribution in [0.5, 0.6) is 0 Å². The van der Waals surface area contributed by atoms with Crippen LogP contribution in [0.3, 0.4) is 0 Å². The summed E-state index contributed by atoms with van der Waals surface area (Å²) in [5, 5.41) is 2.55. The molecule has 0 bridgehead atoms. The Morgan fingerprint density at radius 2 is 1.96 bits per heavy atom. The molecule has 0 radical (unpaired) electrons. The monoisotopic (exact) mass is 373 g/mol. The third-order valence-corrected chi connectivity index (χ3v) is 7.26. The van der Waals surface area contributed by atoms with Crippen LogP contribution < -0.4 is 5.32 Å². The number of nitrogens with zero attached hydrogens (tertiary/aromatic N) is 2. The molecule has 1 fully saturated rings. The molecule has 2 aromatic rings. The minimum Gasteiger partial charge on any atom is -0.354 e. The summed E-state index contributed by atoms with van der Waals surface area (Å²) < 4.78 is 30.2. The fourth-order valence-corrected chi connectivity index (χ4v) is 5.85. The van der Waals surface area contributed by atoms with Crippen molar-refractivity contribution in [1.29, 1.82) is 0 Å². The van der Waals surface area contributed by atoms with Crippen LogP contribution in [0.4, 0.5) is 0 Å². The van der Waals surface area contributed by atoms with Gasteiger partial charge in [-0.15, -0.1) is 0 Å². The maximum Gasteiger partial charge on any atom is 0.267 e. The Balaban J connectivity index is 1.75. The fourth-order valence-electron chi connectivity index (χ4n) is 3.90. The maximum atomic E-state index is 13.5. The summed E-state index contributed by atoms with van der Waals surface area (Å²) >= 11 is 0. The van der Waals surface area contributed by atoms with Crippen molar-refractivity contribution in [2.75, 3.05) is 7.05 Å². The second-order valence-electron chi connectivity index (χ2n) is 7.07. The summed E-state index contributed by atoms with van der Waals surface area (Å²) in [7, 11) is -0.447. The number of fused-ring (bicyclic) bond motifs is 1. The van der Waals surface area contributed by atoms with Gasteiger partial charge in [-0.05, 0) is 42.9 Å². The molecule has 4 rings (SSSR count). The molecule has 0 aliphatic heterocycles. The van der Waals surface area contributed by atoms with Crippen LogP contribution in [0, 0.1) is 0 Å². The molecule has 0 saturated heterocycles. The number of carbonyl (C=O) groups is 1. The number of aromatic nitrogens is 1. The van der Waals surface area contributed by atoms with E-state index in [9.17, 15) is 13.2 Å². The van der Waals surface area contributed by atoms with Gasteiger partial charge in [0.1, 0.15) is 10.6 Å². The summed E-state index contributed by atoms with van der Waals surface area (Å²) in [6.07, 6.45) is 5.04. The van der Waals surface area contributed by atoms with Crippen LogP contribution in [0.15, 0.2) is 41.4 Å². The van der Waals surface area contributed by atoms with E-state index in [0.29, 0.717) is 5.69 Å². The van der Waals surface area contributed by atoms with Gasteiger partial charge < -0.3 is 9.88 Å². The number of carbonyl (C=O) groups excluding carboxylic acids is 1. The van der Waals surface area contributed by atoms with Crippen molar-refractivity contribution >= 4 is 15.9 Å². The van der Waals surface area contributed by atoms with E-state index in [1.54, 1.807) is 15.9 Å². The second kappa shape index (κ2) is 6.25. The quantitative estimate of drug-likeness (QED) is 0.874. The molecule has 1 aromatic heterocycles. The standard InChI is InChI=1S/C19H23N3O3S/c1-20-19(23)18-11-15(12-21(18)2)26(24,25)22(14-8-9-14)17-10-7-13-5-3-4-6-16(13)17/h3-6,11-12,14,17H,7-10H2,1-2H3,(H,20,23)/t17-/m1/s1. The van der Waals surface area contributed by atoms with Crippen molar-refractivity contribution in [1.82, 2.24) is 14.2 Å². The summed E-state index contributed by atoms with van der Waals surface area (Å²) in [4.78, 5) is 12.2. The molecule has 7 heteroatoms. The van der Waals surface area contributed by atoms with Crippen LogP contribution in [-0.2, 0) is 23.5 Å². The number of hydrogen-bond donors (Lipinski definition) is 1. The first-order valence-electron chi connectivity index (χ1n) is 8.93. The Hall–Kier alpha value is -2.12. The molecule has 0 unspecified atom stereocenters. The molecule has 1 aromatic carbocycles. The summed E-state index contributed by atoms with van der Waals surface area (Å²) in [5.74, 6) is -0.293. The minimum absolute atomic E-state index is 0.0554. The maximum absolute atomic E-state index is 13.5. The molecule has 138 valence electrons. The van der Waals surface area contributed by atoms with Crippen LogP contribution in [-0.4, -0.2) is 36.3 Å². The van der Waals surface area contributed by atoms with Gasteiger partial charge in [-0.2, -0.15) is 4.31 Å². The van der Waals surface area contributed by atoms with Crippen molar-refractivity contribution < 1.29 is 13.2 Å². The van der Waals surface area contributed by atoms with E-state index in [1.165, 1.54) is 24.9 Å². The zero-order chi connectivity index (χ0) is 18.5. The molecule has 26 heavy (non-hydrogen) atoms. The SMILES string of the molecule is CNC(=O)c1cc(S(=O)(=O)N(C2CC2)[C@@H]2CCc3ccccc32)cn1C. The largest absolute Gasteiger partial charge is 0.354 e. The Labute approximate surface area is 153 Å². The Kier molecular flexibility index (Phi) is 4.16. The number of aryl methyl sites for hydroxylation is 2. The second-order valence-corrected chi connectivity index (χ2v) is 8.91. The minimum atomic E-state index is -3.67. The summed E-state index contributed by atoms with van der Waals surface area (Å²) in [6, 6.07) is 9.51. The first-order valence-corrected chi connectivity index (χ1v) is 10.4. The number of sulfonamides is 1. The lowest BCUT2D eigenvalue weighted by Crippen LogP contribution is -2.35. The smallest absolute Gasteiger partial charge is 0.267 e. The highest BCUT2D eigenvalue weighted by atomic mass is 32.2. The number of rotatable bonds is 5. The lowest BCUT2D eigenvalue weighted by atomic mass is 10.1. The van der Waals surface area contributed by atoms with Gasteiger partial charge in [-0.25, -0.2) is 8.42 Å². The first-order chi connectivity index (χ1) is 12.4. The van der Waals surface area contributed by atoms with Gasteiger partial charge in [-0.3, -0.25) is 4.79 Å². The molecular weight excluding hydrogens is 350 g/mol. The highest BCUT2D eigenvalue weighted by Gasteiger charge is 2.45. The summed E-state index contributed by atoms with van der Waals surface area (Å²) in [6.45, 7) is 0. The Morgan fingerprint density at radius 1 is 1.23 bits per heavy atom. The molecule has 6 nitrogen and oxygen atoms in total. The molecule has 1 atom stereocenters. The summed E-state index contributed by atoms with van der Waals surface area (Å²) in [5.41, 5.74) is 2.69. The highest BCUT2D eigenvalue weighted by molar-refractivity contribution is 7.89. The van der Waals surface area contributed by atoms with Gasteiger partial charge >= 0.3 is 0 Å². The van der Waals surface area contributed by atoms with Crippen molar-refractivity contribution in [2.45, 2.75) is 42.7 Å². The topological polar surface area (TPSA) is 71.4 Å². The highest BCUT2D eigenvalue weighted by Crippen LogP contribution is 2.45. The van der Waals surface area contributed by atoms with Gasteiger partial charge in [0, 0.05) is 26.3 Å². The molecule has 2 aliphatic carbocycles. The van der Waals surface area contributed by atoms with Crippen LogP contribution in [0.25, 0.3) is 0 Å². The Morgan fingerprint density at radius 3 is 2.65 bits per heavy atom. The molecular formula is C19H23N3O3S. The zero-order valence-corrected chi connectivity index (χ0v) is 15.8. The van der Waals surface area contributed by atoms with Gasteiger partial charge in [-0.1, -0.05) is 24.3 Å². The lowest BCUT2D eigenvalue weighted by Gasteiger charge is -2.28. The Bertz CT molecular complexity index is 960. The molecule has 2 aliphatic rings. The van der Waals surface area contributed by atoms with Gasteiger partial charge in [0.2, 0.25) is 10.0 Å².